The monoisotopic (exact) mass is 1670 g/mol. The Morgan fingerprint density at radius 1 is 0.118 bits per heavy atom. The minimum absolute atomic E-state index is 0.180. The van der Waals surface area contributed by atoms with Gasteiger partial charge in [-0.25, -0.2) is 0 Å². The molecule has 4 aliphatic rings. The van der Waals surface area contributed by atoms with Gasteiger partial charge in [0, 0.05) is 0 Å². The van der Waals surface area contributed by atoms with E-state index in [0.717, 1.165) is 0 Å². The molecule has 0 heteroatoms. The summed E-state index contributed by atoms with van der Waals surface area (Å²) < 4.78 is 0. The van der Waals surface area contributed by atoms with Crippen molar-refractivity contribution in [3.8, 4) is 55.6 Å². The molecule has 0 saturated heterocycles. The first kappa shape index (κ1) is 106. The highest BCUT2D eigenvalue weighted by Gasteiger charge is 2.52. The van der Waals surface area contributed by atoms with Gasteiger partial charge in [-0.05, 0) is 162 Å². The SMILES string of the molecule is CC.CC.CC.CC.CC.CC.CC.CC.CC.CC.CC.CC.Cc1ccccc1.c1ccc(-c2ccccc2)cc1.c1ccc2c(c1)-c1ccccc1C21c2ccccc2-c2ccccc21.c1ccc2c(c1)-c1ccccc1C21c2ccccc2-c2ccccc21.c1ccc2cc3ccccc3cc2c1.c1ccc2ccccc2c1.c1ccc2ccccc2c1. The predicted octanol–water partition coefficient (Wildman–Crippen LogP) is 39.4. The quantitative estimate of drug-likeness (QED) is 0.144. The first-order valence-corrected chi connectivity index (χ1v) is 47.7. The first-order chi connectivity index (χ1) is 63.1. The Labute approximate surface area is 770 Å². The van der Waals surface area contributed by atoms with Gasteiger partial charge in [0.25, 0.3) is 0 Å². The summed E-state index contributed by atoms with van der Waals surface area (Å²) >= 11 is 0. The highest BCUT2D eigenvalue weighted by atomic mass is 14.5. The first-order valence-electron chi connectivity index (χ1n) is 47.7. The van der Waals surface area contributed by atoms with Gasteiger partial charge in [0.05, 0.1) is 10.8 Å². The van der Waals surface area contributed by atoms with Crippen molar-refractivity contribution in [3.63, 3.8) is 0 Å². The number of rotatable bonds is 1. The zero-order valence-electron chi connectivity index (χ0n) is 81.6. The van der Waals surface area contributed by atoms with Gasteiger partial charge in [-0.15, -0.1) is 0 Å². The second-order valence-corrected chi connectivity index (χ2v) is 26.5. The Balaban J connectivity index is 0.000000308. The molecule has 0 unspecified atom stereocenters. The van der Waals surface area contributed by atoms with Gasteiger partial charge in [-0.1, -0.05) is 602 Å². The lowest BCUT2D eigenvalue weighted by molar-refractivity contribution is 0.794. The lowest BCUT2D eigenvalue weighted by Crippen LogP contribution is -2.25. The Bertz CT molecular complexity index is 5060. The van der Waals surface area contributed by atoms with Crippen molar-refractivity contribution in [2.24, 2.45) is 0 Å². The van der Waals surface area contributed by atoms with Crippen LogP contribution in [0.25, 0.3) is 98.7 Å². The van der Waals surface area contributed by atoms with Crippen molar-refractivity contribution in [1.29, 1.82) is 0 Å². The van der Waals surface area contributed by atoms with E-state index in [9.17, 15) is 0 Å². The molecular weight excluding hydrogens is 1530 g/mol. The highest BCUT2D eigenvalue weighted by Crippen LogP contribution is 2.64. The van der Waals surface area contributed by atoms with Crippen molar-refractivity contribution >= 4 is 43.1 Å². The van der Waals surface area contributed by atoms with Crippen LogP contribution in [-0.4, -0.2) is 0 Å². The Hall–Kier alpha value is -13.0. The third-order valence-electron chi connectivity index (χ3n) is 20.6. The van der Waals surface area contributed by atoms with Crippen LogP contribution in [-0.2, 0) is 10.8 Å². The molecule has 0 amide bonds. The maximum atomic E-state index is 2.31. The Morgan fingerprint density at radius 2 is 0.236 bits per heavy atom. The molecule has 22 rings (SSSR count). The molecule has 0 atom stereocenters. The molecule has 0 saturated carbocycles. The normalized spacial score (nSPS) is 10.5. The number of benzene rings is 18. The maximum Gasteiger partial charge on any atom is 0.0725 e. The fraction of sp³-hybridized carbons (Fsp3) is 0.213. The van der Waals surface area contributed by atoms with Crippen LogP contribution in [0, 0.1) is 6.92 Å². The van der Waals surface area contributed by atoms with E-state index in [4.69, 9.17) is 0 Å². The average Bonchev–Trinajstić information content (AvgIpc) is 1.52. The fourth-order valence-electron chi connectivity index (χ4n) is 16.0. The summed E-state index contributed by atoms with van der Waals surface area (Å²) in [5.41, 5.74) is 25.7. The topological polar surface area (TPSA) is 0 Å². The summed E-state index contributed by atoms with van der Waals surface area (Å²) in [7, 11) is 0. The summed E-state index contributed by atoms with van der Waals surface area (Å²) in [5.74, 6) is 0. The molecule has 127 heavy (non-hydrogen) atoms. The van der Waals surface area contributed by atoms with Gasteiger partial charge in [-0.3, -0.25) is 0 Å². The van der Waals surface area contributed by atoms with Gasteiger partial charge < -0.3 is 0 Å². The predicted molar refractivity (Wildman–Crippen MR) is 574 cm³/mol. The number of aryl methyl sites for hydroxylation is 1. The van der Waals surface area contributed by atoms with Gasteiger partial charge in [-0.2, -0.15) is 0 Å². The zero-order valence-corrected chi connectivity index (χ0v) is 81.6. The van der Waals surface area contributed by atoms with E-state index < -0.39 is 0 Å². The molecule has 0 N–H and O–H groups in total. The van der Waals surface area contributed by atoms with Gasteiger partial charge in [0.2, 0.25) is 0 Å². The van der Waals surface area contributed by atoms with E-state index in [1.165, 1.54) is 149 Å². The van der Waals surface area contributed by atoms with E-state index in [0.29, 0.717) is 0 Å². The lowest BCUT2D eigenvalue weighted by Gasteiger charge is -2.30. The summed E-state index contributed by atoms with van der Waals surface area (Å²) in [4.78, 5) is 0. The number of hydrogen-bond acceptors (Lipinski definition) is 0. The molecule has 0 aromatic heterocycles. The second-order valence-electron chi connectivity index (χ2n) is 26.5. The minimum atomic E-state index is -0.180. The molecule has 18 aromatic carbocycles. The van der Waals surface area contributed by atoms with E-state index in [-0.39, 0.29) is 10.8 Å². The molecule has 0 nitrogen and oxygen atoms in total. The van der Waals surface area contributed by atoms with Crippen LogP contribution >= 0.6 is 0 Å². The van der Waals surface area contributed by atoms with Crippen LogP contribution in [0.5, 0.6) is 0 Å². The van der Waals surface area contributed by atoms with E-state index in [1.54, 1.807) is 0 Å². The number of hydrogen-bond donors (Lipinski definition) is 0. The standard InChI is InChI=1S/2C25H16.C14H10.C12H10.2C10H8.C7H8.12C2H6/c2*1-5-13-21-17(9-1)18-10-2-6-14-22(18)25(21)23-15-7-3-11-19(23)20-12-4-8-16-24(20)25;1-2-6-12-10-14-8-4-3-7-13(14)9-11(12)5-1;1-3-7-11(8-4-1)12-9-5-2-6-10-12;2*1-2-6-10-8-4-3-7-9(10)5-1;1-7-5-3-2-4-6-7;12*1-2/h2*1-16H;1-10H;1-10H;2*1-8H;2-6H,1H3;12*1-2H3. The van der Waals surface area contributed by atoms with E-state index in [1.807, 2.05) is 197 Å². The van der Waals surface area contributed by atoms with Crippen molar-refractivity contribution in [1.82, 2.24) is 0 Å². The van der Waals surface area contributed by atoms with Gasteiger partial charge in [0.15, 0.2) is 0 Å². The number of fused-ring (bicyclic) bond motifs is 24. The largest absolute Gasteiger partial charge is 0.0725 e. The Kier molecular flexibility index (Phi) is 50.7. The molecule has 0 bridgehead atoms. The maximum absolute atomic E-state index is 2.31. The molecule has 0 radical (unpaired) electrons. The molecule has 2 spiro atoms. The van der Waals surface area contributed by atoms with Gasteiger partial charge >= 0.3 is 0 Å². The zero-order chi connectivity index (χ0) is 93.2. The van der Waals surface area contributed by atoms with Crippen LogP contribution in [0.15, 0.2) is 443 Å². The van der Waals surface area contributed by atoms with Crippen molar-refractivity contribution in [3.05, 3.63) is 493 Å². The second kappa shape index (κ2) is 60.6. The summed E-state index contributed by atoms with van der Waals surface area (Å²) in [6.45, 7) is 50.1. The summed E-state index contributed by atoms with van der Waals surface area (Å²) in [6, 6.07) is 157. The molecule has 0 aliphatic heterocycles. The van der Waals surface area contributed by atoms with Crippen LogP contribution < -0.4 is 0 Å². The smallest absolute Gasteiger partial charge is 0.0683 e. The van der Waals surface area contributed by atoms with Crippen LogP contribution in [0.1, 0.15) is 216 Å². The van der Waals surface area contributed by atoms with Crippen LogP contribution in [0.3, 0.4) is 0 Å². The van der Waals surface area contributed by atoms with Crippen molar-refractivity contribution in [2.45, 2.75) is 184 Å². The van der Waals surface area contributed by atoms with E-state index in [2.05, 4.69) is 419 Å². The summed E-state index contributed by atoms with van der Waals surface area (Å²) in [6.07, 6.45) is 0. The molecule has 18 aromatic rings. The minimum Gasteiger partial charge on any atom is -0.0683 e. The highest BCUT2D eigenvalue weighted by molar-refractivity contribution is 5.99. The molecule has 4 aliphatic carbocycles. The third kappa shape index (κ3) is 25.6. The van der Waals surface area contributed by atoms with Crippen LogP contribution in [0.4, 0.5) is 0 Å². The average molecular weight is 1670 g/mol. The molecular formula is C127H148. The molecule has 0 fully saturated rings. The van der Waals surface area contributed by atoms with E-state index >= 15 is 0 Å². The summed E-state index contributed by atoms with van der Waals surface area (Å²) in [5, 5.41) is 10.5. The van der Waals surface area contributed by atoms with Crippen molar-refractivity contribution in [2.75, 3.05) is 0 Å². The Morgan fingerprint density at radius 3 is 0.378 bits per heavy atom. The van der Waals surface area contributed by atoms with Crippen LogP contribution in [0.2, 0.25) is 0 Å². The fourth-order valence-corrected chi connectivity index (χ4v) is 16.0. The van der Waals surface area contributed by atoms with Gasteiger partial charge in [0.1, 0.15) is 0 Å². The molecule has 656 valence electrons. The third-order valence-corrected chi connectivity index (χ3v) is 20.6. The molecule has 0 heterocycles. The van der Waals surface area contributed by atoms with Crippen molar-refractivity contribution < 1.29 is 0 Å². The lowest BCUT2D eigenvalue weighted by atomic mass is 9.70.